The zero-order chi connectivity index (χ0) is 17.4. The number of hydrogen-bond acceptors (Lipinski definition) is 4. The Morgan fingerprint density at radius 2 is 2.00 bits per heavy atom. The summed E-state index contributed by atoms with van der Waals surface area (Å²) in [7, 11) is -4.64. The number of sulfone groups is 1. The number of nitrogens with zero attached hydrogens (tertiary/aromatic N) is 2. The molecule has 0 aliphatic heterocycles. The van der Waals surface area contributed by atoms with Crippen molar-refractivity contribution >= 4 is 63.1 Å². The predicted octanol–water partition coefficient (Wildman–Crippen LogP) is 4.01. The predicted molar refractivity (Wildman–Crippen MR) is 105 cm³/mol. The lowest BCUT2D eigenvalue weighted by Crippen LogP contribution is -2.22. The van der Waals surface area contributed by atoms with Gasteiger partial charge in [0, 0.05) is 24.5 Å². The molecule has 1 heterocycles. The van der Waals surface area contributed by atoms with E-state index in [4.69, 9.17) is 16.3 Å². The van der Waals surface area contributed by atoms with Gasteiger partial charge in [-0.1, -0.05) is 31.2 Å². The number of hydrogen-bond donors (Lipinski definition) is 0. The van der Waals surface area contributed by atoms with E-state index < -0.39 is 17.9 Å². The van der Waals surface area contributed by atoms with Crippen molar-refractivity contribution in [3.8, 4) is 0 Å². The molecule has 0 saturated heterocycles. The summed E-state index contributed by atoms with van der Waals surface area (Å²) in [5.74, 6) is 0. The van der Waals surface area contributed by atoms with Crippen molar-refractivity contribution in [1.29, 1.82) is 0 Å². The first-order valence-corrected chi connectivity index (χ1v) is 14.2. The van der Waals surface area contributed by atoms with E-state index in [0.29, 0.717) is 22.7 Å². The number of halogens is 2. The lowest BCUT2D eigenvalue weighted by Gasteiger charge is -2.16. The van der Waals surface area contributed by atoms with E-state index in [-0.39, 0.29) is 11.9 Å². The van der Waals surface area contributed by atoms with Gasteiger partial charge in [0.25, 0.3) is 0 Å². The van der Waals surface area contributed by atoms with Crippen LogP contribution in [0.5, 0.6) is 0 Å². The van der Waals surface area contributed by atoms with E-state index in [1.165, 1.54) is 0 Å². The van der Waals surface area contributed by atoms with Crippen LogP contribution in [0.1, 0.15) is 0 Å². The summed E-state index contributed by atoms with van der Waals surface area (Å²) in [5, 5.41) is 0.583. The van der Waals surface area contributed by atoms with Crippen molar-refractivity contribution in [2.75, 3.05) is 12.9 Å². The minimum Gasteiger partial charge on any atom is -0.361 e. The normalized spacial score (nSPS) is 13.0. The van der Waals surface area contributed by atoms with Gasteiger partial charge in [-0.05, 0) is 40.8 Å². The van der Waals surface area contributed by atoms with Gasteiger partial charge in [-0.15, -0.1) is 0 Å². The number of rotatable bonds is 6. The van der Waals surface area contributed by atoms with Gasteiger partial charge in [-0.3, -0.25) is 4.57 Å². The van der Waals surface area contributed by atoms with Gasteiger partial charge in [-0.25, -0.2) is 13.4 Å². The molecular weight excluding hydrogens is 467 g/mol. The topological polar surface area (TPSA) is 61.2 Å². The second-order valence-electron chi connectivity index (χ2n) is 6.70. The van der Waals surface area contributed by atoms with E-state index in [1.807, 2.05) is 0 Å². The van der Waals surface area contributed by atoms with Crippen molar-refractivity contribution in [3.63, 3.8) is 0 Å². The van der Waals surface area contributed by atoms with Crippen molar-refractivity contribution < 1.29 is 13.2 Å². The average Bonchev–Trinajstić information content (AvgIpc) is 2.72. The molecule has 0 amide bonds. The maximum Gasteiger partial charge on any atom is 0.230 e. The Morgan fingerprint density at radius 3 is 2.57 bits per heavy atom. The molecule has 0 aliphatic carbocycles. The van der Waals surface area contributed by atoms with Crippen LogP contribution in [0.15, 0.2) is 17.3 Å². The lowest BCUT2D eigenvalue weighted by molar-refractivity contribution is 0.0838. The van der Waals surface area contributed by atoms with E-state index in [0.717, 1.165) is 15.9 Å². The van der Waals surface area contributed by atoms with Gasteiger partial charge in [0.05, 0.1) is 16.1 Å². The summed E-state index contributed by atoms with van der Waals surface area (Å²) in [6, 6.07) is 4.54. The van der Waals surface area contributed by atoms with E-state index in [2.05, 4.69) is 47.2 Å². The highest BCUT2D eigenvalue weighted by molar-refractivity contribution is 14.1. The molecule has 23 heavy (non-hydrogen) atoms. The van der Waals surface area contributed by atoms with Crippen LogP contribution >= 0.6 is 34.2 Å². The van der Waals surface area contributed by atoms with Gasteiger partial charge >= 0.3 is 0 Å². The third-order valence-electron chi connectivity index (χ3n) is 3.30. The van der Waals surface area contributed by atoms with E-state index in [1.54, 1.807) is 16.7 Å². The molecule has 0 aliphatic rings. The zero-order valence-corrected chi connectivity index (χ0v) is 18.3. The minimum absolute atomic E-state index is 0.0126. The maximum atomic E-state index is 12.0. The van der Waals surface area contributed by atoms with Gasteiger partial charge in [0.2, 0.25) is 15.0 Å². The number of benzene rings is 1. The molecule has 0 atom stereocenters. The highest BCUT2D eigenvalue weighted by atomic mass is 127. The third kappa shape index (κ3) is 4.91. The molecule has 5 nitrogen and oxygen atoms in total. The number of ether oxygens (including phenoxy) is 1. The second kappa shape index (κ2) is 6.99. The van der Waals surface area contributed by atoms with Gasteiger partial charge in [0.1, 0.15) is 6.73 Å². The van der Waals surface area contributed by atoms with Crippen LogP contribution in [0.2, 0.25) is 30.7 Å². The molecular formula is C14H20ClIN2O3SSi. The smallest absolute Gasteiger partial charge is 0.230 e. The number of aromatic nitrogens is 2. The molecule has 0 saturated carbocycles. The summed E-state index contributed by atoms with van der Waals surface area (Å²) >= 11 is 8.27. The molecule has 0 unspecified atom stereocenters. The SMILES string of the molecule is C[Si](C)(C)CCOCn1c(S(C)(=O)=O)nc2cc(I)c(Cl)cc21. The van der Waals surface area contributed by atoms with Crippen LogP contribution in [0.3, 0.4) is 0 Å². The summed E-state index contributed by atoms with van der Waals surface area (Å²) in [6.07, 6.45) is 1.15. The number of imidazole rings is 1. The molecule has 0 N–H and O–H groups in total. The van der Waals surface area contributed by atoms with Crippen LogP contribution < -0.4 is 0 Å². The van der Waals surface area contributed by atoms with Crippen LogP contribution in [0.4, 0.5) is 0 Å². The van der Waals surface area contributed by atoms with E-state index >= 15 is 0 Å². The highest BCUT2D eigenvalue weighted by Gasteiger charge is 2.21. The molecule has 0 spiro atoms. The van der Waals surface area contributed by atoms with Crippen molar-refractivity contribution in [3.05, 3.63) is 20.7 Å². The second-order valence-corrected chi connectivity index (χ2v) is 15.8. The Morgan fingerprint density at radius 1 is 1.35 bits per heavy atom. The fourth-order valence-corrected chi connectivity index (χ4v) is 4.22. The monoisotopic (exact) mass is 486 g/mol. The molecule has 1 aromatic heterocycles. The van der Waals surface area contributed by atoms with Gasteiger partial charge < -0.3 is 4.74 Å². The van der Waals surface area contributed by atoms with Gasteiger partial charge in [0.15, 0.2) is 0 Å². The molecule has 2 aromatic rings. The van der Waals surface area contributed by atoms with Crippen molar-refractivity contribution in [2.45, 2.75) is 37.6 Å². The molecule has 0 fully saturated rings. The Balaban J connectivity index is 2.37. The molecule has 128 valence electrons. The summed E-state index contributed by atoms with van der Waals surface area (Å²) < 4.78 is 32.2. The fourth-order valence-electron chi connectivity index (χ4n) is 2.04. The molecule has 2 rings (SSSR count). The lowest BCUT2D eigenvalue weighted by atomic mass is 10.3. The van der Waals surface area contributed by atoms with Gasteiger partial charge in [-0.2, -0.15) is 0 Å². The first kappa shape index (κ1) is 19.2. The first-order chi connectivity index (χ1) is 10.5. The maximum absolute atomic E-state index is 12.0. The van der Waals surface area contributed by atoms with E-state index in [9.17, 15) is 8.42 Å². The highest BCUT2D eigenvalue weighted by Crippen LogP contribution is 2.27. The quantitative estimate of drug-likeness (QED) is 0.352. The standard InChI is InChI=1S/C14H20ClIN2O3SSi/c1-22(19,20)14-17-12-8-11(16)10(15)7-13(12)18(14)9-21-5-6-23(2,3)4/h7-8H,5-6,9H2,1-4H3. The molecule has 0 radical (unpaired) electrons. The zero-order valence-electron chi connectivity index (χ0n) is 13.6. The van der Waals surface area contributed by atoms with Crippen LogP contribution in [-0.2, 0) is 21.3 Å². The number of fused-ring (bicyclic) bond motifs is 1. The Kier molecular flexibility index (Phi) is 5.82. The Hall–Kier alpha value is -0.163. The first-order valence-electron chi connectivity index (χ1n) is 7.12. The Bertz CT molecular complexity index is 831. The summed E-state index contributed by atoms with van der Waals surface area (Å²) in [5.41, 5.74) is 1.27. The largest absolute Gasteiger partial charge is 0.361 e. The molecule has 0 bridgehead atoms. The van der Waals surface area contributed by atoms with Crippen LogP contribution in [-0.4, -0.2) is 38.9 Å². The third-order valence-corrected chi connectivity index (χ3v) is 7.51. The molecule has 9 heteroatoms. The molecule has 1 aromatic carbocycles. The average molecular weight is 487 g/mol. The van der Waals surface area contributed by atoms with Crippen molar-refractivity contribution in [1.82, 2.24) is 9.55 Å². The van der Waals surface area contributed by atoms with Crippen LogP contribution in [0.25, 0.3) is 11.0 Å². The minimum atomic E-state index is -3.45. The Labute approximate surface area is 156 Å². The van der Waals surface area contributed by atoms with Crippen LogP contribution in [0, 0.1) is 3.57 Å². The fraction of sp³-hybridized carbons (Fsp3) is 0.500. The summed E-state index contributed by atoms with van der Waals surface area (Å²) in [4.78, 5) is 4.25. The van der Waals surface area contributed by atoms with Crippen molar-refractivity contribution in [2.24, 2.45) is 0 Å². The summed E-state index contributed by atoms with van der Waals surface area (Å²) in [6.45, 7) is 7.57.